The van der Waals surface area contributed by atoms with Crippen molar-refractivity contribution in [2.45, 2.75) is 122 Å². The van der Waals surface area contributed by atoms with Crippen LogP contribution in [0, 0.1) is 0 Å². The Balaban J connectivity index is 1.78. The lowest BCUT2D eigenvalue weighted by Gasteiger charge is -2.15. The number of hydrogen-bond acceptors (Lipinski definition) is 3. The summed E-state index contributed by atoms with van der Waals surface area (Å²) >= 11 is 1.92. The second kappa shape index (κ2) is 22.7. The maximum Gasteiger partial charge on any atom is 0.0900 e. The predicted molar refractivity (Wildman–Crippen MR) is 139 cm³/mol. The zero-order chi connectivity index (χ0) is 22.2. The molecule has 0 saturated carbocycles. The van der Waals surface area contributed by atoms with Crippen molar-refractivity contribution in [3.05, 3.63) is 35.9 Å². The van der Waals surface area contributed by atoms with E-state index in [9.17, 15) is 5.11 Å². The van der Waals surface area contributed by atoms with Crippen LogP contribution in [0.2, 0.25) is 0 Å². The van der Waals surface area contributed by atoms with Crippen LogP contribution in [0.15, 0.2) is 30.3 Å². The first-order valence-electron chi connectivity index (χ1n) is 13.2. The molecule has 0 heterocycles. The van der Waals surface area contributed by atoms with Gasteiger partial charge in [0.05, 0.1) is 19.3 Å². The first kappa shape index (κ1) is 28.5. The minimum atomic E-state index is -0.0498. The number of benzene rings is 1. The number of thioether (sulfide) groups is 1. The SMILES string of the molecule is CCCCCCCCCCCCCCCCCCSCC(CO)OCc1ccccc1. The molecule has 3 heteroatoms. The summed E-state index contributed by atoms with van der Waals surface area (Å²) in [5.41, 5.74) is 1.17. The van der Waals surface area contributed by atoms with Crippen LogP contribution in [0.3, 0.4) is 0 Å². The lowest BCUT2D eigenvalue weighted by atomic mass is 10.0. The molecule has 1 aromatic rings. The normalized spacial score (nSPS) is 12.3. The van der Waals surface area contributed by atoms with Crippen LogP contribution < -0.4 is 0 Å². The molecule has 0 saturated heterocycles. The lowest BCUT2D eigenvalue weighted by molar-refractivity contribution is 0.0174. The molecule has 0 radical (unpaired) electrons. The van der Waals surface area contributed by atoms with Gasteiger partial charge in [0.2, 0.25) is 0 Å². The highest BCUT2D eigenvalue weighted by Gasteiger charge is 2.08. The van der Waals surface area contributed by atoms with E-state index in [4.69, 9.17) is 4.74 Å². The first-order chi connectivity index (χ1) is 15.4. The molecule has 0 aromatic heterocycles. The minimum Gasteiger partial charge on any atom is -0.394 e. The number of aliphatic hydroxyl groups excluding tert-OH is 1. The molecule has 2 nitrogen and oxygen atoms in total. The largest absolute Gasteiger partial charge is 0.394 e. The van der Waals surface area contributed by atoms with Gasteiger partial charge < -0.3 is 9.84 Å². The molecule has 0 aliphatic heterocycles. The molecule has 31 heavy (non-hydrogen) atoms. The fourth-order valence-corrected chi connectivity index (χ4v) is 4.95. The second-order valence-electron chi connectivity index (χ2n) is 8.98. The highest BCUT2D eigenvalue weighted by Crippen LogP contribution is 2.15. The molecule has 0 aliphatic rings. The van der Waals surface area contributed by atoms with Crippen LogP contribution >= 0.6 is 11.8 Å². The smallest absolute Gasteiger partial charge is 0.0900 e. The summed E-state index contributed by atoms with van der Waals surface area (Å²) < 4.78 is 5.84. The van der Waals surface area contributed by atoms with Crippen molar-refractivity contribution in [1.29, 1.82) is 0 Å². The van der Waals surface area contributed by atoms with Gasteiger partial charge in [0, 0.05) is 5.75 Å². The summed E-state index contributed by atoms with van der Waals surface area (Å²) in [4.78, 5) is 0. The molecule has 0 aliphatic carbocycles. The molecule has 0 spiro atoms. The van der Waals surface area contributed by atoms with Gasteiger partial charge in [-0.05, 0) is 17.7 Å². The molecular formula is C28H50O2S. The number of unbranched alkanes of at least 4 members (excludes halogenated alkanes) is 15. The number of aliphatic hydroxyl groups is 1. The van der Waals surface area contributed by atoms with Gasteiger partial charge in [-0.2, -0.15) is 11.8 Å². The second-order valence-corrected chi connectivity index (χ2v) is 10.1. The maximum atomic E-state index is 9.51. The lowest BCUT2D eigenvalue weighted by Crippen LogP contribution is -2.20. The van der Waals surface area contributed by atoms with Gasteiger partial charge in [-0.15, -0.1) is 0 Å². The first-order valence-corrected chi connectivity index (χ1v) is 14.4. The summed E-state index contributed by atoms with van der Waals surface area (Å²) in [5.74, 6) is 2.08. The van der Waals surface area contributed by atoms with Crippen molar-refractivity contribution in [3.63, 3.8) is 0 Å². The standard InChI is InChI=1S/C28H50O2S/c1-2-3-4-5-6-7-8-9-10-11-12-13-14-15-16-20-23-31-26-28(24-29)30-25-27-21-18-17-19-22-27/h17-19,21-22,28-29H,2-16,20,23-26H2,1H3. The molecule has 1 unspecified atom stereocenters. The van der Waals surface area contributed by atoms with Gasteiger partial charge in [-0.25, -0.2) is 0 Å². The Morgan fingerprint density at radius 2 is 1.19 bits per heavy atom. The number of rotatable bonds is 23. The van der Waals surface area contributed by atoms with E-state index in [1.165, 1.54) is 114 Å². The molecule has 1 atom stereocenters. The van der Waals surface area contributed by atoms with Gasteiger partial charge in [0.1, 0.15) is 0 Å². The number of ether oxygens (including phenoxy) is 1. The van der Waals surface area contributed by atoms with Crippen molar-refractivity contribution in [3.8, 4) is 0 Å². The summed E-state index contributed by atoms with van der Waals surface area (Å²) in [6.07, 6.45) is 22.6. The zero-order valence-corrected chi connectivity index (χ0v) is 21.2. The third-order valence-electron chi connectivity index (χ3n) is 5.98. The van der Waals surface area contributed by atoms with Gasteiger partial charge >= 0.3 is 0 Å². The quantitative estimate of drug-likeness (QED) is 0.169. The molecule has 0 fully saturated rings. The third-order valence-corrected chi connectivity index (χ3v) is 7.16. The molecule has 1 rings (SSSR count). The summed E-state index contributed by atoms with van der Waals surface area (Å²) in [6.45, 7) is 2.99. The average molecular weight is 451 g/mol. The van der Waals surface area contributed by atoms with Crippen LogP contribution in [-0.4, -0.2) is 29.3 Å². The van der Waals surface area contributed by atoms with Gasteiger partial charge in [-0.3, -0.25) is 0 Å². The molecule has 1 aromatic carbocycles. The average Bonchev–Trinajstić information content (AvgIpc) is 2.81. The topological polar surface area (TPSA) is 29.5 Å². The minimum absolute atomic E-state index is 0.0498. The zero-order valence-electron chi connectivity index (χ0n) is 20.4. The predicted octanol–water partition coefficient (Wildman–Crippen LogP) is 8.56. The molecule has 0 amide bonds. The van der Waals surface area contributed by atoms with E-state index in [1.807, 2.05) is 30.0 Å². The van der Waals surface area contributed by atoms with E-state index in [1.54, 1.807) is 0 Å². The van der Waals surface area contributed by atoms with Crippen LogP contribution in [0.25, 0.3) is 0 Å². The Hall–Kier alpha value is -0.510. The molecule has 180 valence electrons. The van der Waals surface area contributed by atoms with Crippen molar-refractivity contribution in [2.24, 2.45) is 0 Å². The fourth-order valence-electron chi connectivity index (χ4n) is 3.91. The van der Waals surface area contributed by atoms with Crippen molar-refractivity contribution in [1.82, 2.24) is 0 Å². The highest BCUT2D eigenvalue weighted by molar-refractivity contribution is 7.99. The maximum absolute atomic E-state index is 9.51. The van der Waals surface area contributed by atoms with Crippen LogP contribution in [-0.2, 0) is 11.3 Å². The van der Waals surface area contributed by atoms with E-state index >= 15 is 0 Å². The number of hydrogen-bond donors (Lipinski definition) is 1. The van der Waals surface area contributed by atoms with Crippen molar-refractivity contribution >= 4 is 11.8 Å². The summed E-state index contributed by atoms with van der Waals surface area (Å²) in [5, 5.41) is 9.51. The fraction of sp³-hybridized carbons (Fsp3) is 0.786. The van der Waals surface area contributed by atoms with Crippen LogP contribution in [0.5, 0.6) is 0 Å². The molecule has 1 N–H and O–H groups in total. The van der Waals surface area contributed by atoms with Crippen LogP contribution in [0.4, 0.5) is 0 Å². The van der Waals surface area contributed by atoms with E-state index in [2.05, 4.69) is 19.1 Å². The van der Waals surface area contributed by atoms with E-state index in [0.29, 0.717) is 6.61 Å². The Morgan fingerprint density at radius 3 is 1.68 bits per heavy atom. The van der Waals surface area contributed by atoms with Crippen molar-refractivity contribution in [2.75, 3.05) is 18.1 Å². The Kier molecular flexibility index (Phi) is 20.9. The molecule has 0 bridgehead atoms. The third kappa shape index (κ3) is 18.7. The van der Waals surface area contributed by atoms with Gasteiger partial charge in [0.15, 0.2) is 0 Å². The monoisotopic (exact) mass is 450 g/mol. The summed E-state index contributed by atoms with van der Waals surface area (Å²) in [6, 6.07) is 10.2. The summed E-state index contributed by atoms with van der Waals surface area (Å²) in [7, 11) is 0. The Morgan fingerprint density at radius 1 is 0.710 bits per heavy atom. The van der Waals surface area contributed by atoms with Crippen LogP contribution in [0.1, 0.15) is 115 Å². The van der Waals surface area contributed by atoms with E-state index in [-0.39, 0.29) is 12.7 Å². The van der Waals surface area contributed by atoms with Crippen molar-refractivity contribution < 1.29 is 9.84 Å². The van der Waals surface area contributed by atoms with E-state index < -0.39 is 0 Å². The van der Waals surface area contributed by atoms with Gasteiger partial charge in [0.25, 0.3) is 0 Å². The van der Waals surface area contributed by atoms with Gasteiger partial charge in [-0.1, -0.05) is 134 Å². The Bertz CT molecular complexity index is 465. The highest BCUT2D eigenvalue weighted by atomic mass is 32.2. The Labute approximate surface area is 197 Å². The van der Waals surface area contributed by atoms with E-state index in [0.717, 1.165) is 5.75 Å². The molecular weight excluding hydrogens is 400 g/mol.